The molecule has 27 heavy (non-hydrogen) atoms. The molecule has 0 saturated heterocycles. The van der Waals surface area contributed by atoms with Gasteiger partial charge in [0.1, 0.15) is 6.61 Å². The number of benzene rings is 1. The van der Waals surface area contributed by atoms with Crippen molar-refractivity contribution in [2.75, 3.05) is 20.3 Å². The lowest BCUT2D eigenvalue weighted by atomic mass is 10.0. The largest absolute Gasteiger partial charge is 0.494 e. The van der Waals surface area contributed by atoms with Crippen molar-refractivity contribution in [3.05, 3.63) is 40.8 Å². The number of hydrogen-bond donors (Lipinski definition) is 2. The number of methoxy groups -OCH3 is 1. The first-order valence-corrected chi connectivity index (χ1v) is 8.39. The van der Waals surface area contributed by atoms with Gasteiger partial charge in [0.25, 0.3) is 0 Å². The highest BCUT2D eigenvalue weighted by molar-refractivity contribution is 5.95. The fourth-order valence-electron chi connectivity index (χ4n) is 2.59. The van der Waals surface area contributed by atoms with Gasteiger partial charge in [0, 0.05) is 0 Å². The highest BCUT2D eigenvalue weighted by Gasteiger charge is 2.32. The summed E-state index contributed by atoms with van der Waals surface area (Å²) in [5.41, 5.74) is 0.290. The number of rotatable bonds is 7. The van der Waals surface area contributed by atoms with E-state index in [-0.39, 0.29) is 35.8 Å². The Morgan fingerprint density at radius 1 is 1.19 bits per heavy atom. The number of halogens is 1. The Balaban J connectivity index is 2.20. The van der Waals surface area contributed by atoms with Crippen LogP contribution in [0.15, 0.2) is 29.5 Å². The molecule has 1 aliphatic rings. The average molecular weight is 380 g/mol. The summed E-state index contributed by atoms with van der Waals surface area (Å²) in [6.45, 7) is 3.24. The Kier molecular flexibility index (Phi) is 6.75. The molecule has 0 aliphatic carbocycles. The van der Waals surface area contributed by atoms with Gasteiger partial charge in [-0.2, -0.15) is 0 Å². The van der Waals surface area contributed by atoms with E-state index in [2.05, 4.69) is 10.6 Å². The molecule has 2 rings (SSSR count). The summed E-state index contributed by atoms with van der Waals surface area (Å²) in [4.78, 5) is 36.2. The summed E-state index contributed by atoms with van der Waals surface area (Å²) in [5.74, 6) is -2.14. The van der Waals surface area contributed by atoms with Crippen molar-refractivity contribution >= 4 is 18.0 Å². The van der Waals surface area contributed by atoms with Gasteiger partial charge < -0.3 is 24.8 Å². The molecule has 1 atom stereocenters. The van der Waals surface area contributed by atoms with E-state index in [4.69, 9.17) is 14.2 Å². The Hall–Kier alpha value is -3.10. The van der Waals surface area contributed by atoms with Crippen molar-refractivity contribution in [3.63, 3.8) is 0 Å². The normalized spacial score (nSPS) is 16.3. The molecule has 9 heteroatoms. The number of carbonyl (C=O) groups is 3. The Labute approximate surface area is 155 Å². The molecule has 146 valence electrons. The molecule has 1 aromatic rings. The fraction of sp³-hybridized carbons (Fsp3) is 0.389. The number of urea groups is 1. The predicted molar refractivity (Wildman–Crippen MR) is 92.6 cm³/mol. The number of hydrogen-bond acceptors (Lipinski definition) is 6. The minimum Gasteiger partial charge on any atom is -0.494 e. The zero-order valence-electron chi connectivity index (χ0n) is 15.3. The SMILES string of the molecule is CCOC(=O)C1=C(COC(=O)c2ccc(OC)c(F)c2)NC(=O)N[C@H]1CC. The lowest BCUT2D eigenvalue weighted by Crippen LogP contribution is -2.51. The third kappa shape index (κ3) is 4.75. The van der Waals surface area contributed by atoms with Gasteiger partial charge in [-0.05, 0) is 31.5 Å². The molecule has 1 heterocycles. The second kappa shape index (κ2) is 9.02. The smallest absolute Gasteiger partial charge is 0.338 e. The average Bonchev–Trinajstić information content (AvgIpc) is 2.65. The molecule has 0 bridgehead atoms. The molecule has 2 amide bonds. The Morgan fingerprint density at radius 3 is 2.52 bits per heavy atom. The van der Waals surface area contributed by atoms with Gasteiger partial charge in [-0.15, -0.1) is 0 Å². The van der Waals surface area contributed by atoms with E-state index in [1.165, 1.54) is 19.2 Å². The minimum absolute atomic E-state index is 0.00439. The van der Waals surface area contributed by atoms with Crippen LogP contribution >= 0.6 is 0 Å². The van der Waals surface area contributed by atoms with E-state index in [0.29, 0.717) is 6.42 Å². The minimum atomic E-state index is -0.812. The lowest BCUT2D eigenvalue weighted by molar-refractivity contribution is -0.139. The van der Waals surface area contributed by atoms with Crippen LogP contribution in [0.5, 0.6) is 5.75 Å². The summed E-state index contributed by atoms with van der Waals surface area (Å²) in [6.07, 6.45) is 0.447. The molecule has 0 aromatic heterocycles. The maximum atomic E-state index is 13.7. The standard InChI is InChI=1S/C18H21FN2O6/c1-4-12-15(17(23)26-5-2)13(21-18(24)20-12)9-27-16(22)10-6-7-14(25-3)11(19)8-10/h6-8,12H,4-5,9H2,1-3H3,(H2,20,21,24)/t12-/m0/s1. The number of carbonyl (C=O) groups excluding carboxylic acids is 3. The van der Waals surface area contributed by atoms with Crippen LogP contribution in [-0.2, 0) is 14.3 Å². The van der Waals surface area contributed by atoms with Gasteiger partial charge in [-0.3, -0.25) is 0 Å². The molecule has 8 nitrogen and oxygen atoms in total. The van der Waals surface area contributed by atoms with Crippen molar-refractivity contribution in [3.8, 4) is 5.75 Å². The zero-order chi connectivity index (χ0) is 20.0. The molecule has 1 aromatic carbocycles. The Bertz CT molecular complexity index is 777. The van der Waals surface area contributed by atoms with Crippen LogP contribution in [0.25, 0.3) is 0 Å². The van der Waals surface area contributed by atoms with Crippen LogP contribution < -0.4 is 15.4 Å². The molecular formula is C18H21FN2O6. The zero-order valence-corrected chi connectivity index (χ0v) is 15.3. The van der Waals surface area contributed by atoms with E-state index < -0.39 is 29.8 Å². The van der Waals surface area contributed by atoms with Crippen molar-refractivity contribution in [1.82, 2.24) is 10.6 Å². The van der Waals surface area contributed by atoms with Gasteiger partial charge in [-0.1, -0.05) is 6.92 Å². The maximum absolute atomic E-state index is 13.7. The Morgan fingerprint density at radius 2 is 1.93 bits per heavy atom. The number of ether oxygens (including phenoxy) is 3. The summed E-state index contributed by atoms with van der Waals surface area (Å²) >= 11 is 0. The van der Waals surface area contributed by atoms with Gasteiger partial charge >= 0.3 is 18.0 Å². The van der Waals surface area contributed by atoms with E-state index in [1.54, 1.807) is 13.8 Å². The molecule has 0 unspecified atom stereocenters. The van der Waals surface area contributed by atoms with Crippen molar-refractivity contribution < 1.29 is 33.0 Å². The maximum Gasteiger partial charge on any atom is 0.338 e. The second-order valence-corrected chi connectivity index (χ2v) is 5.60. The summed E-state index contributed by atoms with van der Waals surface area (Å²) < 4.78 is 28.7. The van der Waals surface area contributed by atoms with E-state index >= 15 is 0 Å². The van der Waals surface area contributed by atoms with E-state index in [1.807, 2.05) is 0 Å². The number of nitrogens with one attached hydrogen (secondary N) is 2. The summed E-state index contributed by atoms with van der Waals surface area (Å²) in [5, 5.41) is 5.08. The number of amides is 2. The first-order valence-electron chi connectivity index (χ1n) is 8.39. The van der Waals surface area contributed by atoms with Crippen LogP contribution in [0, 0.1) is 5.82 Å². The molecule has 0 spiro atoms. The van der Waals surface area contributed by atoms with Crippen LogP contribution in [0.2, 0.25) is 0 Å². The van der Waals surface area contributed by atoms with E-state index in [9.17, 15) is 18.8 Å². The highest BCUT2D eigenvalue weighted by Crippen LogP contribution is 2.20. The first kappa shape index (κ1) is 20.2. The predicted octanol–water partition coefficient (Wildman–Crippen LogP) is 1.90. The van der Waals surface area contributed by atoms with Gasteiger partial charge in [0.2, 0.25) is 0 Å². The van der Waals surface area contributed by atoms with Crippen molar-refractivity contribution in [1.29, 1.82) is 0 Å². The van der Waals surface area contributed by atoms with Crippen molar-refractivity contribution in [2.45, 2.75) is 26.3 Å². The quantitative estimate of drug-likeness (QED) is 0.701. The molecular weight excluding hydrogens is 359 g/mol. The molecule has 0 fully saturated rings. The molecule has 2 N–H and O–H groups in total. The monoisotopic (exact) mass is 380 g/mol. The molecule has 1 aliphatic heterocycles. The van der Waals surface area contributed by atoms with Crippen LogP contribution in [0.4, 0.5) is 9.18 Å². The third-order valence-corrected chi connectivity index (χ3v) is 3.88. The molecule has 0 saturated carbocycles. The second-order valence-electron chi connectivity index (χ2n) is 5.60. The fourth-order valence-corrected chi connectivity index (χ4v) is 2.59. The third-order valence-electron chi connectivity index (χ3n) is 3.88. The van der Waals surface area contributed by atoms with Crippen LogP contribution in [0.1, 0.15) is 30.6 Å². The molecule has 0 radical (unpaired) electrons. The van der Waals surface area contributed by atoms with Gasteiger partial charge in [0.15, 0.2) is 11.6 Å². The van der Waals surface area contributed by atoms with E-state index in [0.717, 1.165) is 6.07 Å². The number of esters is 2. The topological polar surface area (TPSA) is 103 Å². The van der Waals surface area contributed by atoms with Crippen LogP contribution in [0.3, 0.4) is 0 Å². The van der Waals surface area contributed by atoms with Gasteiger partial charge in [0.05, 0.1) is 36.6 Å². The highest BCUT2D eigenvalue weighted by atomic mass is 19.1. The lowest BCUT2D eigenvalue weighted by Gasteiger charge is -2.28. The van der Waals surface area contributed by atoms with Gasteiger partial charge in [-0.25, -0.2) is 18.8 Å². The van der Waals surface area contributed by atoms with Crippen molar-refractivity contribution in [2.24, 2.45) is 0 Å². The summed E-state index contributed by atoms with van der Waals surface area (Å²) in [7, 11) is 1.31. The summed E-state index contributed by atoms with van der Waals surface area (Å²) in [6, 6.07) is 2.55. The first-order chi connectivity index (χ1) is 12.9. The van der Waals surface area contributed by atoms with Crippen LogP contribution in [-0.4, -0.2) is 44.3 Å².